The second kappa shape index (κ2) is 4.26. The van der Waals surface area contributed by atoms with E-state index in [1.54, 1.807) is 6.92 Å². The second-order valence-electron chi connectivity index (χ2n) is 5.08. The molecule has 0 heterocycles. The van der Waals surface area contributed by atoms with E-state index in [-0.39, 0.29) is 5.92 Å². The molecule has 1 atom stereocenters. The van der Waals surface area contributed by atoms with Crippen molar-refractivity contribution in [2.75, 3.05) is 0 Å². The Balaban J connectivity index is 2.41. The van der Waals surface area contributed by atoms with Gasteiger partial charge in [-0.3, -0.25) is 0 Å². The quantitative estimate of drug-likeness (QED) is 0.868. The zero-order valence-corrected chi connectivity index (χ0v) is 10.5. The minimum atomic E-state index is -4.33. The largest absolute Gasteiger partial charge is 0.416 e. The normalized spacial score (nSPS) is 19.7. The van der Waals surface area contributed by atoms with E-state index in [0.717, 1.165) is 25.0 Å². The molecule has 1 aliphatic carbocycles. The summed E-state index contributed by atoms with van der Waals surface area (Å²) in [5, 5.41) is 10.6. The van der Waals surface area contributed by atoms with Crippen molar-refractivity contribution in [2.45, 2.75) is 44.9 Å². The first kappa shape index (κ1) is 13.4. The Labute approximate surface area is 105 Å². The van der Waals surface area contributed by atoms with E-state index >= 15 is 0 Å². The molecule has 1 aliphatic rings. The maximum absolute atomic E-state index is 12.6. The number of halogens is 3. The molecule has 0 aliphatic heterocycles. The minimum Gasteiger partial charge on any atom is -0.385 e. The summed E-state index contributed by atoms with van der Waals surface area (Å²) in [6.07, 6.45) is -1.90. The van der Waals surface area contributed by atoms with Gasteiger partial charge in [0.1, 0.15) is 0 Å². The first-order valence-electron chi connectivity index (χ1n) is 6.19. The topological polar surface area (TPSA) is 20.2 Å². The second-order valence-corrected chi connectivity index (χ2v) is 5.08. The lowest BCUT2D eigenvalue weighted by Gasteiger charge is -2.29. The standard InChI is InChI=1S/C14H17F3O/c1-3-13(18,10-4-5-10)12-7-6-11(8-9(12)2)14(15,16)17/h6-8,10,18H,3-5H2,1-2H3. The summed E-state index contributed by atoms with van der Waals surface area (Å²) in [6, 6.07) is 3.61. The minimum absolute atomic E-state index is 0.193. The van der Waals surface area contributed by atoms with E-state index in [1.165, 1.54) is 6.07 Å². The maximum Gasteiger partial charge on any atom is 0.416 e. The lowest BCUT2D eigenvalue weighted by atomic mass is 9.83. The zero-order chi connectivity index (χ0) is 13.6. The van der Waals surface area contributed by atoms with Crippen LogP contribution in [-0.4, -0.2) is 5.11 Å². The number of aliphatic hydroxyl groups is 1. The van der Waals surface area contributed by atoms with Crippen molar-refractivity contribution in [3.63, 3.8) is 0 Å². The summed E-state index contributed by atoms with van der Waals surface area (Å²) in [4.78, 5) is 0. The Hall–Kier alpha value is -1.03. The number of alkyl halides is 3. The summed E-state index contributed by atoms with van der Waals surface area (Å²) in [7, 11) is 0. The smallest absolute Gasteiger partial charge is 0.385 e. The van der Waals surface area contributed by atoms with E-state index < -0.39 is 17.3 Å². The molecule has 1 aromatic rings. The monoisotopic (exact) mass is 258 g/mol. The molecule has 100 valence electrons. The molecule has 1 nitrogen and oxygen atoms in total. The Morgan fingerprint density at radius 3 is 2.28 bits per heavy atom. The van der Waals surface area contributed by atoms with Gasteiger partial charge < -0.3 is 5.11 Å². The van der Waals surface area contributed by atoms with Crippen LogP contribution in [0.3, 0.4) is 0 Å². The summed E-state index contributed by atoms with van der Waals surface area (Å²) in [5.41, 5.74) is -0.464. The van der Waals surface area contributed by atoms with Crippen LogP contribution in [0.15, 0.2) is 18.2 Å². The average molecular weight is 258 g/mol. The lowest BCUT2D eigenvalue weighted by Crippen LogP contribution is -2.28. The summed E-state index contributed by atoms with van der Waals surface area (Å²) >= 11 is 0. The number of hydrogen-bond donors (Lipinski definition) is 1. The lowest BCUT2D eigenvalue weighted by molar-refractivity contribution is -0.137. The molecule has 0 amide bonds. The van der Waals surface area contributed by atoms with E-state index in [9.17, 15) is 18.3 Å². The van der Waals surface area contributed by atoms with Crippen LogP contribution in [-0.2, 0) is 11.8 Å². The average Bonchev–Trinajstić information content (AvgIpc) is 3.10. The highest BCUT2D eigenvalue weighted by atomic mass is 19.4. The number of rotatable bonds is 3. The molecule has 1 N–H and O–H groups in total. The predicted octanol–water partition coefficient (Wildman–Crippen LogP) is 4.02. The highest BCUT2D eigenvalue weighted by Gasteiger charge is 2.44. The predicted molar refractivity (Wildman–Crippen MR) is 63.1 cm³/mol. The zero-order valence-electron chi connectivity index (χ0n) is 10.5. The van der Waals surface area contributed by atoms with Crippen LogP contribution < -0.4 is 0 Å². The SMILES string of the molecule is CCC(O)(c1ccc(C(F)(F)F)cc1C)C1CC1. The van der Waals surface area contributed by atoms with E-state index in [2.05, 4.69) is 0 Å². The molecule has 4 heteroatoms. The van der Waals surface area contributed by atoms with Gasteiger partial charge in [0.15, 0.2) is 0 Å². The maximum atomic E-state index is 12.6. The van der Waals surface area contributed by atoms with Gasteiger partial charge in [0, 0.05) is 0 Å². The van der Waals surface area contributed by atoms with Crippen molar-refractivity contribution in [1.29, 1.82) is 0 Å². The molecular weight excluding hydrogens is 241 g/mol. The Bertz CT molecular complexity index is 449. The first-order valence-corrected chi connectivity index (χ1v) is 6.19. The molecule has 1 saturated carbocycles. The van der Waals surface area contributed by atoms with Crippen LogP contribution in [0.2, 0.25) is 0 Å². The number of hydrogen-bond acceptors (Lipinski definition) is 1. The Morgan fingerprint density at radius 1 is 1.28 bits per heavy atom. The summed E-state index contributed by atoms with van der Waals surface area (Å²) < 4.78 is 37.8. The van der Waals surface area contributed by atoms with Crippen molar-refractivity contribution >= 4 is 0 Å². The van der Waals surface area contributed by atoms with Crippen LogP contribution in [0.25, 0.3) is 0 Å². The molecule has 1 unspecified atom stereocenters. The van der Waals surface area contributed by atoms with E-state index in [1.807, 2.05) is 6.92 Å². The van der Waals surface area contributed by atoms with Gasteiger partial charge in [0.2, 0.25) is 0 Å². The molecule has 1 aromatic carbocycles. The van der Waals surface area contributed by atoms with Crippen molar-refractivity contribution in [3.8, 4) is 0 Å². The van der Waals surface area contributed by atoms with Gasteiger partial charge in [-0.2, -0.15) is 13.2 Å². The van der Waals surface area contributed by atoms with Crippen molar-refractivity contribution in [3.05, 3.63) is 34.9 Å². The molecule has 0 spiro atoms. The number of aryl methyl sites for hydroxylation is 1. The van der Waals surface area contributed by atoms with Crippen LogP contribution in [0, 0.1) is 12.8 Å². The summed E-state index contributed by atoms with van der Waals surface area (Å²) in [6.45, 7) is 3.50. The van der Waals surface area contributed by atoms with Gasteiger partial charge in [0.05, 0.1) is 11.2 Å². The third-order valence-electron chi connectivity index (χ3n) is 3.81. The summed E-state index contributed by atoms with van der Waals surface area (Å²) in [5.74, 6) is 0.193. The van der Waals surface area contributed by atoms with Crippen molar-refractivity contribution in [1.82, 2.24) is 0 Å². The van der Waals surface area contributed by atoms with Gasteiger partial charge in [-0.25, -0.2) is 0 Å². The first-order chi connectivity index (χ1) is 8.29. The van der Waals surface area contributed by atoms with Gasteiger partial charge in [-0.15, -0.1) is 0 Å². The van der Waals surface area contributed by atoms with Crippen LogP contribution in [0.1, 0.15) is 42.9 Å². The van der Waals surface area contributed by atoms with Crippen LogP contribution in [0.5, 0.6) is 0 Å². The third-order valence-corrected chi connectivity index (χ3v) is 3.81. The molecule has 0 aromatic heterocycles. The Morgan fingerprint density at radius 2 is 1.89 bits per heavy atom. The van der Waals surface area contributed by atoms with Crippen molar-refractivity contribution < 1.29 is 18.3 Å². The fourth-order valence-electron chi connectivity index (χ4n) is 2.59. The van der Waals surface area contributed by atoms with Gasteiger partial charge in [0.25, 0.3) is 0 Å². The highest BCUT2D eigenvalue weighted by Crippen LogP contribution is 2.48. The molecule has 1 fully saturated rings. The molecule has 0 bridgehead atoms. The van der Waals surface area contributed by atoms with Crippen LogP contribution >= 0.6 is 0 Å². The molecule has 0 saturated heterocycles. The van der Waals surface area contributed by atoms with E-state index in [4.69, 9.17) is 0 Å². The molecule has 2 rings (SSSR count). The van der Waals surface area contributed by atoms with Gasteiger partial charge in [-0.1, -0.05) is 13.0 Å². The van der Waals surface area contributed by atoms with Gasteiger partial charge in [-0.05, 0) is 55.4 Å². The third kappa shape index (κ3) is 2.26. The molecular formula is C14H17F3O. The van der Waals surface area contributed by atoms with Crippen LogP contribution in [0.4, 0.5) is 13.2 Å². The van der Waals surface area contributed by atoms with E-state index in [0.29, 0.717) is 17.5 Å². The van der Waals surface area contributed by atoms with Crippen molar-refractivity contribution in [2.24, 2.45) is 5.92 Å². The molecule has 0 radical (unpaired) electrons. The fourth-order valence-corrected chi connectivity index (χ4v) is 2.59. The number of benzene rings is 1. The fraction of sp³-hybridized carbons (Fsp3) is 0.571. The van der Waals surface area contributed by atoms with Gasteiger partial charge >= 0.3 is 6.18 Å². The highest BCUT2D eigenvalue weighted by molar-refractivity contribution is 5.37. The molecule has 18 heavy (non-hydrogen) atoms. The Kier molecular flexibility index (Phi) is 3.18.